The molecule has 0 nitrogen and oxygen atoms in total. The van der Waals surface area contributed by atoms with Crippen LogP contribution in [0.4, 0.5) is 0 Å². The zero-order valence-corrected chi connectivity index (χ0v) is 38.6. The van der Waals surface area contributed by atoms with Crippen LogP contribution >= 0.6 is 0 Å². The summed E-state index contributed by atoms with van der Waals surface area (Å²) >= 11 is 0. The van der Waals surface area contributed by atoms with E-state index in [1.807, 2.05) is 0 Å². The molecule has 0 aliphatic rings. The Balaban J connectivity index is 0. The first-order valence-electron chi connectivity index (χ1n) is 0. The number of rotatable bonds is 0. The van der Waals surface area contributed by atoms with E-state index < -0.39 is 0 Å². The zero-order valence-electron chi connectivity index (χ0n) is 7.35. The molecule has 0 amide bonds. The van der Waals surface area contributed by atoms with Crippen LogP contribution in [-0.2, 0) is 360 Å². The average molecular weight is 993 g/mol. The average Bonchev–Trinajstić information content (AvgIpc) is 0. The molecule has 0 aromatic carbocycles. The van der Waals surface area contributed by atoms with Gasteiger partial charge in [0.1, 0.15) is 0 Å². The van der Waals surface area contributed by atoms with Gasteiger partial charge in [0.15, 0.2) is 0 Å². The molecule has 0 N–H and O–H groups in total. The van der Waals surface area contributed by atoms with Crippen molar-refractivity contribution in [1.82, 2.24) is 0 Å². The molecule has 0 aromatic rings. The van der Waals surface area contributed by atoms with Crippen LogP contribution in [-0.4, -0.2) is 0 Å². The van der Waals surface area contributed by atoms with E-state index in [2.05, 4.69) is 0 Å². The third-order valence-electron chi connectivity index (χ3n) is 0. The van der Waals surface area contributed by atoms with Crippen molar-refractivity contribution in [2.45, 2.75) is 0 Å². The van der Waals surface area contributed by atoms with Crippen LogP contribution in [0.25, 0.3) is 0 Å². The van der Waals surface area contributed by atoms with E-state index in [4.69, 9.17) is 0 Å². The second-order valence-corrected chi connectivity index (χ2v) is 0. The summed E-state index contributed by atoms with van der Waals surface area (Å²) in [6.07, 6.45) is 0. The monoisotopic (exact) mass is 993 g/mol. The summed E-state index contributed by atoms with van der Waals surface area (Å²) in [7, 11) is 0. The topological polar surface area (TPSA) is 0 Å². The van der Waals surface area contributed by atoms with Crippen molar-refractivity contribution in [2.75, 3.05) is 0 Å². The Morgan fingerprint density at radius 3 is 0.167 bits per heavy atom. The molecule has 11 radical (unpaired) electrons. The minimum Gasteiger partial charge on any atom is -0.358 e. The van der Waals surface area contributed by atoms with Crippen LogP contribution in [0.1, 0.15) is 0 Å². The summed E-state index contributed by atoms with van der Waals surface area (Å²) in [6.45, 7) is 0. The third-order valence-corrected chi connectivity index (χ3v) is 0. The van der Waals surface area contributed by atoms with E-state index in [1.165, 1.54) is 0 Å². The van der Waals surface area contributed by atoms with Crippen molar-refractivity contribution in [3.63, 3.8) is 0 Å². The van der Waals surface area contributed by atoms with E-state index in [-0.39, 0.29) is 367 Å². The molecular formula is CH3Y11-. The van der Waals surface area contributed by atoms with E-state index in [0.29, 0.717) is 0 Å². The second kappa shape index (κ2) is 77.0. The van der Waals surface area contributed by atoms with Gasteiger partial charge in [-0.2, -0.15) is 0 Å². The molecule has 0 bridgehead atoms. The van der Waals surface area contributed by atoms with Crippen LogP contribution in [0.5, 0.6) is 0 Å². The second-order valence-electron chi connectivity index (χ2n) is 0. The van der Waals surface area contributed by atoms with Crippen LogP contribution in [0.2, 0.25) is 0 Å². The molecule has 0 fully saturated rings. The van der Waals surface area contributed by atoms with E-state index in [1.54, 1.807) is 0 Å². The summed E-state index contributed by atoms with van der Waals surface area (Å²) in [5.41, 5.74) is 0. The first-order chi connectivity index (χ1) is 0. The Bertz CT molecular complexity index is 4.97. The molecule has 0 spiro atoms. The van der Waals surface area contributed by atoms with Gasteiger partial charge in [-0.05, 0) is 0 Å². The molecule has 11 heteroatoms. The normalized spacial score (nSPS) is 0. The Morgan fingerprint density at radius 2 is 0.167 bits per heavy atom. The Morgan fingerprint density at radius 1 is 0.167 bits per heavy atom. The zero-order chi connectivity index (χ0) is 0. The molecule has 12 heavy (non-hydrogen) atoms. The van der Waals surface area contributed by atoms with Crippen molar-refractivity contribution in [2.24, 2.45) is 0 Å². The molecule has 0 atom stereocenters. The van der Waals surface area contributed by atoms with Crippen molar-refractivity contribution < 1.29 is 360 Å². The molecule has 0 aromatic heterocycles. The van der Waals surface area contributed by atoms with Crippen molar-refractivity contribution in [3.05, 3.63) is 7.43 Å². The summed E-state index contributed by atoms with van der Waals surface area (Å²) in [5, 5.41) is 0. The minimum atomic E-state index is 0. The maximum atomic E-state index is 0. The fourth-order valence-corrected chi connectivity index (χ4v) is 0. The predicted molar refractivity (Wildman–Crippen MR) is 6.41 cm³/mol. The van der Waals surface area contributed by atoms with Gasteiger partial charge in [0.05, 0.1) is 0 Å². The fourth-order valence-electron chi connectivity index (χ4n) is 0. The van der Waals surface area contributed by atoms with Crippen molar-refractivity contribution >= 4 is 0 Å². The van der Waals surface area contributed by atoms with Gasteiger partial charge >= 0.3 is 0 Å². The quantitative estimate of drug-likeness (QED) is 0.310. The van der Waals surface area contributed by atoms with Crippen LogP contribution in [0.15, 0.2) is 0 Å². The summed E-state index contributed by atoms with van der Waals surface area (Å²) in [4.78, 5) is 0. The predicted octanol–water partition coefficient (Wildman–Crippen LogP) is 0.423. The molecule has 0 aliphatic carbocycles. The Labute approximate surface area is 354 Å². The van der Waals surface area contributed by atoms with Gasteiger partial charge in [-0.1, -0.05) is 0 Å². The van der Waals surface area contributed by atoms with Crippen molar-refractivity contribution in [1.29, 1.82) is 0 Å². The number of hydrogen-bond acceptors (Lipinski definition) is 0. The first-order valence-corrected chi connectivity index (χ1v) is 0. The van der Waals surface area contributed by atoms with Gasteiger partial charge in [-0.3, -0.25) is 0 Å². The number of hydrogen-bond donors (Lipinski definition) is 0. The maximum absolute atomic E-state index is 0. The van der Waals surface area contributed by atoms with E-state index in [0.717, 1.165) is 0 Å². The molecule has 0 unspecified atom stereocenters. The van der Waals surface area contributed by atoms with Gasteiger partial charge < -0.3 is 7.43 Å². The Hall–Kier alpha value is 12.1. The van der Waals surface area contributed by atoms with Gasteiger partial charge in [0.2, 0.25) is 0 Å². The van der Waals surface area contributed by atoms with Gasteiger partial charge in [0.25, 0.3) is 0 Å². The Kier molecular flexibility index (Phi) is 562. The SMILES string of the molecule is [CH3-].[Y].[Y].[Y].[Y].[Y].[Y].[Y].[Y].[Y].[Y].[Y]. The summed E-state index contributed by atoms with van der Waals surface area (Å²) in [5.74, 6) is 0. The molecule has 0 aliphatic heterocycles. The van der Waals surface area contributed by atoms with E-state index in [9.17, 15) is 0 Å². The van der Waals surface area contributed by atoms with E-state index >= 15 is 0 Å². The van der Waals surface area contributed by atoms with Gasteiger partial charge in [0, 0.05) is 360 Å². The maximum Gasteiger partial charge on any atom is 0 e. The largest absolute Gasteiger partial charge is 0.358 e. The molecule has 41 valence electrons. The fraction of sp³-hybridized carbons (Fsp3) is 0. The van der Waals surface area contributed by atoms with Crippen molar-refractivity contribution in [3.8, 4) is 0 Å². The molecule has 0 rings (SSSR count). The van der Waals surface area contributed by atoms with Crippen LogP contribution < -0.4 is 0 Å². The molecular weight excluding hydrogens is 990 g/mol. The van der Waals surface area contributed by atoms with Gasteiger partial charge in [-0.25, -0.2) is 0 Å². The third kappa shape index (κ3) is 67.1. The van der Waals surface area contributed by atoms with Crippen LogP contribution in [0, 0.1) is 7.43 Å². The standard InChI is InChI=1S/CH3.11Y/h1H3;;;;;;;;;;;/q-1;;;;;;;;;;;. The molecule has 0 heterocycles. The summed E-state index contributed by atoms with van der Waals surface area (Å²) in [6, 6.07) is 0. The summed E-state index contributed by atoms with van der Waals surface area (Å²) < 4.78 is 0. The van der Waals surface area contributed by atoms with Crippen LogP contribution in [0.3, 0.4) is 0 Å². The molecule has 0 saturated carbocycles. The molecule has 0 saturated heterocycles. The minimum absolute atomic E-state index is 0. The smallest absolute Gasteiger partial charge is 0 e. The van der Waals surface area contributed by atoms with Gasteiger partial charge in [-0.15, -0.1) is 0 Å². The first kappa shape index (κ1) is 87.7.